The first kappa shape index (κ1) is 14.0. The first-order valence-electron chi connectivity index (χ1n) is 6.88. The van der Waals surface area contributed by atoms with Crippen LogP contribution in [-0.4, -0.2) is 42.3 Å². The van der Waals surface area contributed by atoms with Gasteiger partial charge in [0, 0.05) is 25.7 Å². The second-order valence-electron chi connectivity index (χ2n) is 5.02. The third-order valence-electron chi connectivity index (χ3n) is 3.59. The summed E-state index contributed by atoms with van der Waals surface area (Å²) in [6.07, 6.45) is 2.42. The zero-order valence-corrected chi connectivity index (χ0v) is 11.2. The van der Waals surface area contributed by atoms with Gasteiger partial charge >= 0.3 is 0 Å². The van der Waals surface area contributed by atoms with Gasteiger partial charge in [0.2, 0.25) is 0 Å². The molecule has 1 aromatic carbocycles. The molecule has 1 aromatic rings. The molecule has 0 saturated carbocycles. The topological polar surface area (TPSA) is 59.3 Å². The number of aliphatic hydroxyl groups is 1. The molecule has 102 valence electrons. The van der Waals surface area contributed by atoms with Gasteiger partial charge in [0.25, 0.3) is 0 Å². The summed E-state index contributed by atoms with van der Waals surface area (Å²) in [6, 6.07) is 10.4. The Labute approximate surface area is 114 Å². The van der Waals surface area contributed by atoms with Crippen LogP contribution in [0.15, 0.2) is 24.3 Å². The predicted octanol–water partition coefficient (Wildman–Crippen LogP) is 1.10. The molecule has 4 heteroatoms. The molecule has 1 saturated heterocycles. The summed E-state index contributed by atoms with van der Waals surface area (Å²) >= 11 is 0. The van der Waals surface area contributed by atoms with Gasteiger partial charge in [0.05, 0.1) is 18.2 Å². The van der Waals surface area contributed by atoms with Crippen molar-refractivity contribution >= 4 is 0 Å². The summed E-state index contributed by atoms with van der Waals surface area (Å²) in [6.45, 7) is 3.55. The lowest BCUT2D eigenvalue weighted by Crippen LogP contribution is -2.38. The highest BCUT2D eigenvalue weighted by Crippen LogP contribution is 2.13. The summed E-state index contributed by atoms with van der Waals surface area (Å²) in [5.74, 6) is 0. The van der Waals surface area contributed by atoms with Gasteiger partial charge in [-0.1, -0.05) is 18.2 Å². The lowest BCUT2D eigenvalue weighted by molar-refractivity contribution is 0.179. The Morgan fingerprint density at radius 2 is 2.26 bits per heavy atom. The van der Waals surface area contributed by atoms with Crippen molar-refractivity contribution in [3.63, 3.8) is 0 Å². The van der Waals surface area contributed by atoms with Crippen molar-refractivity contribution in [1.82, 2.24) is 10.2 Å². The quantitative estimate of drug-likeness (QED) is 0.803. The Hall–Kier alpha value is -1.41. The van der Waals surface area contributed by atoms with Crippen LogP contribution in [0.5, 0.6) is 0 Å². The fourth-order valence-corrected chi connectivity index (χ4v) is 2.61. The second-order valence-corrected chi connectivity index (χ2v) is 5.02. The van der Waals surface area contributed by atoms with Gasteiger partial charge < -0.3 is 10.4 Å². The number of nitriles is 1. The molecule has 1 aliphatic heterocycles. The third-order valence-corrected chi connectivity index (χ3v) is 3.59. The van der Waals surface area contributed by atoms with Crippen LogP contribution in [-0.2, 0) is 6.54 Å². The minimum atomic E-state index is 0.154. The second kappa shape index (κ2) is 7.25. The van der Waals surface area contributed by atoms with E-state index in [2.05, 4.69) is 16.3 Å². The standard InChI is InChI=1S/C15H21N3O/c16-10-13-4-1-2-5-14(13)11-18(8-9-19)12-15-6-3-7-17-15/h1-2,4-5,15,17,19H,3,6-9,11-12H2. The molecule has 0 spiro atoms. The molecule has 1 atom stereocenters. The summed E-state index contributed by atoms with van der Waals surface area (Å²) in [5.41, 5.74) is 1.77. The lowest BCUT2D eigenvalue weighted by atomic mass is 10.1. The van der Waals surface area contributed by atoms with Crippen LogP contribution in [0, 0.1) is 11.3 Å². The van der Waals surface area contributed by atoms with Crippen LogP contribution >= 0.6 is 0 Å². The van der Waals surface area contributed by atoms with Gasteiger partial charge in [0.15, 0.2) is 0 Å². The SMILES string of the molecule is N#Cc1ccccc1CN(CCO)CC1CCCN1. The zero-order valence-electron chi connectivity index (χ0n) is 11.2. The molecule has 1 heterocycles. The van der Waals surface area contributed by atoms with E-state index in [0.717, 1.165) is 30.8 Å². The fraction of sp³-hybridized carbons (Fsp3) is 0.533. The smallest absolute Gasteiger partial charge is 0.0995 e. The number of nitrogens with zero attached hydrogens (tertiary/aromatic N) is 2. The first-order valence-corrected chi connectivity index (χ1v) is 6.88. The fourth-order valence-electron chi connectivity index (χ4n) is 2.61. The number of hydrogen-bond donors (Lipinski definition) is 2. The van der Waals surface area contributed by atoms with Crippen LogP contribution < -0.4 is 5.32 Å². The predicted molar refractivity (Wildman–Crippen MR) is 74.5 cm³/mol. The van der Waals surface area contributed by atoms with Crippen LogP contribution in [0.1, 0.15) is 24.0 Å². The number of rotatable bonds is 6. The van der Waals surface area contributed by atoms with E-state index in [4.69, 9.17) is 5.26 Å². The van der Waals surface area contributed by atoms with Gasteiger partial charge in [-0.3, -0.25) is 4.90 Å². The Kier molecular flexibility index (Phi) is 5.34. The molecule has 0 bridgehead atoms. The molecule has 1 unspecified atom stereocenters. The molecule has 2 N–H and O–H groups in total. The Balaban J connectivity index is 2.00. The van der Waals surface area contributed by atoms with Gasteiger partial charge in [-0.05, 0) is 31.0 Å². The normalized spacial score (nSPS) is 18.7. The van der Waals surface area contributed by atoms with E-state index in [1.54, 1.807) is 0 Å². The molecule has 19 heavy (non-hydrogen) atoms. The number of aliphatic hydroxyl groups excluding tert-OH is 1. The summed E-state index contributed by atoms with van der Waals surface area (Å²) in [7, 11) is 0. The van der Waals surface area contributed by atoms with E-state index in [-0.39, 0.29) is 6.61 Å². The molecule has 0 aliphatic carbocycles. The molecule has 1 fully saturated rings. The molecular formula is C15H21N3O. The van der Waals surface area contributed by atoms with E-state index in [1.807, 2.05) is 24.3 Å². The van der Waals surface area contributed by atoms with Gasteiger partial charge in [0.1, 0.15) is 0 Å². The van der Waals surface area contributed by atoms with E-state index >= 15 is 0 Å². The van der Waals surface area contributed by atoms with Crippen molar-refractivity contribution in [2.45, 2.75) is 25.4 Å². The molecule has 0 radical (unpaired) electrons. The molecule has 1 aliphatic rings. The Bertz CT molecular complexity index is 435. The number of nitrogens with one attached hydrogen (secondary N) is 1. The maximum Gasteiger partial charge on any atom is 0.0995 e. The van der Waals surface area contributed by atoms with E-state index in [1.165, 1.54) is 12.8 Å². The van der Waals surface area contributed by atoms with Crippen molar-refractivity contribution in [1.29, 1.82) is 5.26 Å². The first-order chi connectivity index (χ1) is 9.33. The monoisotopic (exact) mass is 259 g/mol. The average molecular weight is 259 g/mol. The minimum Gasteiger partial charge on any atom is -0.395 e. The highest BCUT2D eigenvalue weighted by atomic mass is 16.3. The number of hydrogen-bond acceptors (Lipinski definition) is 4. The van der Waals surface area contributed by atoms with Crippen LogP contribution in [0.4, 0.5) is 0 Å². The van der Waals surface area contributed by atoms with Crippen molar-refractivity contribution < 1.29 is 5.11 Å². The number of benzene rings is 1. The maximum atomic E-state index is 9.19. The van der Waals surface area contributed by atoms with E-state index in [9.17, 15) is 5.11 Å². The molecule has 4 nitrogen and oxygen atoms in total. The van der Waals surface area contributed by atoms with Gasteiger partial charge in [-0.2, -0.15) is 5.26 Å². The summed E-state index contributed by atoms with van der Waals surface area (Å²) in [4.78, 5) is 2.22. The highest BCUT2D eigenvalue weighted by molar-refractivity contribution is 5.37. The van der Waals surface area contributed by atoms with E-state index in [0.29, 0.717) is 12.6 Å². The zero-order chi connectivity index (χ0) is 13.5. The molecular weight excluding hydrogens is 238 g/mol. The largest absolute Gasteiger partial charge is 0.395 e. The summed E-state index contributed by atoms with van der Waals surface area (Å²) < 4.78 is 0. The lowest BCUT2D eigenvalue weighted by Gasteiger charge is -2.25. The van der Waals surface area contributed by atoms with Crippen molar-refractivity contribution in [3.8, 4) is 6.07 Å². The van der Waals surface area contributed by atoms with Gasteiger partial charge in [-0.15, -0.1) is 0 Å². The van der Waals surface area contributed by atoms with Crippen molar-refractivity contribution in [2.24, 2.45) is 0 Å². The van der Waals surface area contributed by atoms with Crippen molar-refractivity contribution in [2.75, 3.05) is 26.2 Å². The Morgan fingerprint density at radius 1 is 1.42 bits per heavy atom. The van der Waals surface area contributed by atoms with Crippen LogP contribution in [0.3, 0.4) is 0 Å². The Morgan fingerprint density at radius 3 is 2.95 bits per heavy atom. The summed E-state index contributed by atoms with van der Waals surface area (Å²) in [5, 5.41) is 21.8. The van der Waals surface area contributed by atoms with E-state index < -0.39 is 0 Å². The van der Waals surface area contributed by atoms with Crippen LogP contribution in [0.2, 0.25) is 0 Å². The van der Waals surface area contributed by atoms with Gasteiger partial charge in [-0.25, -0.2) is 0 Å². The highest BCUT2D eigenvalue weighted by Gasteiger charge is 2.18. The molecule has 0 aromatic heterocycles. The minimum absolute atomic E-state index is 0.154. The average Bonchev–Trinajstić information content (AvgIpc) is 2.92. The maximum absolute atomic E-state index is 9.19. The molecule has 2 rings (SSSR count). The third kappa shape index (κ3) is 4.03. The van der Waals surface area contributed by atoms with Crippen LogP contribution in [0.25, 0.3) is 0 Å². The van der Waals surface area contributed by atoms with Crippen molar-refractivity contribution in [3.05, 3.63) is 35.4 Å². The molecule has 0 amide bonds.